The van der Waals surface area contributed by atoms with Crippen molar-refractivity contribution in [2.45, 2.75) is 89.5 Å². The van der Waals surface area contributed by atoms with Crippen LogP contribution in [0.4, 0.5) is 0 Å². The third-order valence-corrected chi connectivity index (χ3v) is 11.2. The summed E-state index contributed by atoms with van der Waals surface area (Å²) in [5.41, 5.74) is -0.263. The molecule has 4 rings (SSSR count). The van der Waals surface area contributed by atoms with Gasteiger partial charge in [-0.2, -0.15) is 0 Å². The van der Waals surface area contributed by atoms with E-state index in [1.54, 1.807) is 6.92 Å². The highest BCUT2D eigenvalue weighted by Crippen LogP contribution is 2.69. The average Bonchev–Trinajstić information content (AvgIpc) is 2.86. The van der Waals surface area contributed by atoms with E-state index in [1.807, 2.05) is 0 Å². The molecule has 0 aromatic rings. The van der Waals surface area contributed by atoms with Gasteiger partial charge in [-0.25, -0.2) is 0 Å². The topological polar surface area (TPSA) is 60.4 Å². The lowest BCUT2D eigenvalue weighted by atomic mass is 9.44. The predicted octanol–water partition coefficient (Wildman–Crippen LogP) is 4.86. The van der Waals surface area contributed by atoms with Crippen molar-refractivity contribution in [3.8, 4) is 0 Å². The number of alkyl halides is 1. The first-order valence-electron chi connectivity index (χ1n) is 10.9. The van der Waals surface area contributed by atoms with E-state index >= 15 is 0 Å². The number of ketones is 2. The summed E-state index contributed by atoms with van der Waals surface area (Å²) in [6.07, 6.45) is 7.27. The Morgan fingerprint density at radius 2 is 1.79 bits per heavy atom. The molecule has 0 amide bonds. The van der Waals surface area contributed by atoms with Gasteiger partial charge in [0.1, 0.15) is 17.7 Å². The zero-order chi connectivity index (χ0) is 20.5. The van der Waals surface area contributed by atoms with E-state index in [2.05, 4.69) is 29.8 Å². The van der Waals surface area contributed by atoms with Gasteiger partial charge >= 0.3 is 5.97 Å². The van der Waals surface area contributed by atoms with Gasteiger partial charge in [0.15, 0.2) is 0 Å². The van der Waals surface area contributed by atoms with Crippen molar-refractivity contribution in [3.05, 3.63) is 0 Å². The number of Topliss-reactive ketones (excluding diaryl/α,β-unsaturated/α-hetero) is 2. The minimum Gasteiger partial charge on any atom is -0.463 e. The van der Waals surface area contributed by atoms with Gasteiger partial charge in [-0.3, -0.25) is 14.4 Å². The van der Waals surface area contributed by atoms with E-state index in [0.717, 1.165) is 44.9 Å². The summed E-state index contributed by atoms with van der Waals surface area (Å²) in [6, 6.07) is 0. The smallest absolute Gasteiger partial charge is 0.302 e. The van der Waals surface area contributed by atoms with Crippen LogP contribution in [-0.4, -0.2) is 28.0 Å². The van der Waals surface area contributed by atoms with Crippen molar-refractivity contribution in [1.29, 1.82) is 0 Å². The van der Waals surface area contributed by atoms with Crippen molar-refractivity contribution in [1.82, 2.24) is 0 Å². The number of hydrogen-bond acceptors (Lipinski definition) is 4. The molecule has 0 N–H and O–H groups in total. The maximum atomic E-state index is 13.6. The fraction of sp³-hybridized carbons (Fsp3) is 0.870. The third-order valence-electron chi connectivity index (χ3n) is 9.29. The van der Waals surface area contributed by atoms with Crippen LogP contribution in [0.15, 0.2) is 0 Å². The van der Waals surface area contributed by atoms with Gasteiger partial charge in [0.05, 0.1) is 4.32 Å². The Kier molecular flexibility index (Phi) is 4.88. The molecule has 0 aromatic carbocycles. The highest BCUT2D eigenvalue weighted by Gasteiger charge is 2.68. The van der Waals surface area contributed by atoms with Crippen LogP contribution in [0, 0.1) is 34.5 Å². The molecule has 0 aliphatic heterocycles. The van der Waals surface area contributed by atoms with Gasteiger partial charge < -0.3 is 4.74 Å². The van der Waals surface area contributed by atoms with Crippen molar-refractivity contribution in [2.24, 2.45) is 34.5 Å². The molecule has 4 aliphatic rings. The maximum Gasteiger partial charge on any atom is 0.302 e. The van der Waals surface area contributed by atoms with Gasteiger partial charge in [-0.1, -0.05) is 29.8 Å². The van der Waals surface area contributed by atoms with Crippen molar-refractivity contribution in [2.75, 3.05) is 0 Å². The average molecular weight is 453 g/mol. The second kappa shape index (κ2) is 6.65. The molecule has 0 aromatic heterocycles. The Labute approximate surface area is 176 Å². The minimum atomic E-state index is -0.546. The van der Waals surface area contributed by atoms with E-state index in [0.29, 0.717) is 30.0 Å². The lowest BCUT2D eigenvalue weighted by Crippen LogP contribution is -2.60. The van der Waals surface area contributed by atoms with Crippen molar-refractivity contribution in [3.63, 3.8) is 0 Å². The van der Waals surface area contributed by atoms with E-state index < -0.39 is 4.32 Å². The molecule has 5 heteroatoms. The van der Waals surface area contributed by atoms with Crippen molar-refractivity contribution < 1.29 is 19.1 Å². The normalized spacial score (nSPS) is 50.3. The zero-order valence-corrected chi connectivity index (χ0v) is 19.1. The molecule has 156 valence electrons. The predicted molar refractivity (Wildman–Crippen MR) is 110 cm³/mol. The van der Waals surface area contributed by atoms with Crippen LogP contribution in [0.1, 0.15) is 79.1 Å². The largest absolute Gasteiger partial charge is 0.463 e. The molecule has 0 radical (unpaired) electrons. The van der Waals surface area contributed by atoms with Gasteiger partial charge in [-0.05, 0) is 80.5 Å². The molecular weight excluding hydrogens is 420 g/mol. The Morgan fingerprint density at radius 1 is 1.07 bits per heavy atom. The SMILES string of the molecule is CC(=O)O[C@@H]1CC[C@]2(C)[C@H](CC[C@H]3[C@H]4CC[C@](Br)(C(C)=O)[C@]4(C)CC(=O)[C@@H]32)C1. The van der Waals surface area contributed by atoms with E-state index in [1.165, 1.54) is 6.92 Å². The minimum absolute atomic E-state index is 0.00572. The Bertz CT molecular complexity index is 719. The molecular formula is C23H33BrO4. The number of hydrogen-bond donors (Lipinski definition) is 0. The molecule has 28 heavy (non-hydrogen) atoms. The standard InChI is InChI=1S/C23H33BrO4/c1-13(25)23(24)10-8-18-17-6-5-15-11-16(28-14(2)26)7-9-21(15,3)20(17)19(27)12-22(18,23)4/h15-18,20H,5-12H2,1-4H3/t15-,16-,17+,18-,20-,21-,22-,23+/m1/s1. The van der Waals surface area contributed by atoms with Crippen LogP contribution in [0.5, 0.6) is 0 Å². The lowest BCUT2D eigenvalue weighted by molar-refractivity contribution is -0.168. The lowest BCUT2D eigenvalue weighted by Gasteiger charge is -2.60. The van der Waals surface area contributed by atoms with E-state index in [-0.39, 0.29) is 34.6 Å². The molecule has 4 saturated carbocycles. The number of carbonyl (C=O) groups is 3. The quantitative estimate of drug-likeness (QED) is 0.443. The van der Waals surface area contributed by atoms with Crippen LogP contribution in [-0.2, 0) is 19.1 Å². The monoisotopic (exact) mass is 452 g/mol. The third kappa shape index (κ3) is 2.70. The summed E-state index contributed by atoms with van der Waals surface area (Å²) in [7, 11) is 0. The van der Waals surface area contributed by atoms with Gasteiger partial charge in [0, 0.05) is 19.3 Å². The first-order valence-corrected chi connectivity index (χ1v) is 11.7. The summed E-state index contributed by atoms with van der Waals surface area (Å²) in [5.74, 6) is 1.71. The van der Waals surface area contributed by atoms with Crippen LogP contribution >= 0.6 is 15.9 Å². The second-order valence-corrected chi connectivity index (χ2v) is 11.8. The first-order chi connectivity index (χ1) is 13.0. The molecule has 4 aliphatic carbocycles. The molecule has 0 heterocycles. The number of rotatable bonds is 2. The first kappa shape index (κ1) is 20.6. The molecule has 8 atom stereocenters. The highest BCUT2D eigenvalue weighted by molar-refractivity contribution is 9.10. The fourth-order valence-electron chi connectivity index (χ4n) is 7.93. The van der Waals surface area contributed by atoms with Gasteiger partial charge in [0.25, 0.3) is 0 Å². The number of fused-ring (bicyclic) bond motifs is 5. The molecule has 4 fully saturated rings. The molecule has 4 nitrogen and oxygen atoms in total. The van der Waals surface area contributed by atoms with Gasteiger partial charge in [-0.15, -0.1) is 0 Å². The summed E-state index contributed by atoms with van der Waals surface area (Å²) < 4.78 is 4.97. The van der Waals surface area contributed by atoms with Gasteiger partial charge in [0.2, 0.25) is 0 Å². The van der Waals surface area contributed by atoms with Crippen LogP contribution in [0.2, 0.25) is 0 Å². The Balaban J connectivity index is 1.63. The Morgan fingerprint density at radius 3 is 2.43 bits per heavy atom. The van der Waals surface area contributed by atoms with E-state index in [9.17, 15) is 14.4 Å². The number of halogens is 1. The molecule has 0 bridgehead atoms. The Hall–Kier alpha value is -0.710. The maximum absolute atomic E-state index is 13.6. The number of ether oxygens (including phenoxy) is 1. The van der Waals surface area contributed by atoms with Crippen LogP contribution in [0.3, 0.4) is 0 Å². The highest BCUT2D eigenvalue weighted by atomic mass is 79.9. The summed E-state index contributed by atoms with van der Waals surface area (Å²) >= 11 is 3.82. The molecule has 0 spiro atoms. The van der Waals surface area contributed by atoms with Crippen LogP contribution in [0.25, 0.3) is 0 Å². The fourth-order valence-corrected chi connectivity index (χ4v) is 8.59. The van der Waals surface area contributed by atoms with Crippen molar-refractivity contribution >= 4 is 33.5 Å². The van der Waals surface area contributed by atoms with E-state index in [4.69, 9.17) is 4.74 Å². The zero-order valence-electron chi connectivity index (χ0n) is 17.6. The van der Waals surface area contributed by atoms with Crippen LogP contribution < -0.4 is 0 Å². The summed E-state index contributed by atoms with van der Waals surface area (Å²) in [4.78, 5) is 37.5. The second-order valence-electron chi connectivity index (χ2n) is 10.5. The number of esters is 1. The number of carbonyl (C=O) groups excluding carboxylic acids is 3. The molecule has 0 saturated heterocycles. The molecule has 0 unspecified atom stereocenters. The summed E-state index contributed by atoms with van der Waals surface area (Å²) in [5, 5.41) is 0. The summed E-state index contributed by atoms with van der Waals surface area (Å²) in [6.45, 7) is 7.66.